The molecule has 3 nitrogen and oxygen atoms in total. The topological polar surface area (TPSA) is 37.4 Å². The van der Waals surface area contributed by atoms with E-state index in [-0.39, 0.29) is 17.8 Å². The number of rotatable bonds is 1. The highest BCUT2D eigenvalue weighted by atomic mass is 35.5. The second-order valence-corrected chi connectivity index (χ2v) is 2.26. The Morgan fingerprint density at radius 1 is 1.60 bits per heavy atom. The first-order valence-electron chi connectivity index (χ1n) is 2.77. The average Bonchev–Trinajstić information content (AvgIpc) is 2.09. The van der Waals surface area contributed by atoms with Crippen LogP contribution in [0.4, 0.5) is 0 Å². The van der Waals surface area contributed by atoms with Crippen LogP contribution in [0.15, 0.2) is 11.6 Å². The van der Waals surface area contributed by atoms with Crippen LogP contribution in [0.5, 0.6) is 0 Å². The molecule has 2 amide bonds. The van der Waals surface area contributed by atoms with Crippen LogP contribution in [0.1, 0.15) is 6.92 Å². The van der Waals surface area contributed by atoms with Gasteiger partial charge in [0.2, 0.25) is 0 Å². The van der Waals surface area contributed by atoms with E-state index in [9.17, 15) is 9.59 Å². The van der Waals surface area contributed by atoms with Gasteiger partial charge in [0.15, 0.2) is 0 Å². The highest BCUT2D eigenvalue weighted by molar-refractivity contribution is 6.24. The Hall–Kier alpha value is -0.830. The molecular formula is C6H6ClNO2. The smallest absolute Gasteiger partial charge is 0.257 e. The van der Waals surface area contributed by atoms with Crippen LogP contribution in [-0.4, -0.2) is 22.7 Å². The minimum absolute atomic E-state index is 0.0640. The van der Waals surface area contributed by atoms with E-state index in [4.69, 9.17) is 11.6 Å². The lowest BCUT2D eigenvalue weighted by atomic mass is 10.3. The molecule has 0 aliphatic carbocycles. The molecule has 4 heteroatoms. The van der Waals surface area contributed by atoms with Crippen molar-refractivity contribution in [1.82, 2.24) is 4.90 Å². The van der Waals surface area contributed by atoms with Gasteiger partial charge in [0.05, 0.1) is 0 Å². The summed E-state index contributed by atoms with van der Waals surface area (Å²) < 4.78 is 0. The molecule has 1 aliphatic heterocycles. The maximum atomic E-state index is 10.9. The van der Waals surface area contributed by atoms with Crippen molar-refractivity contribution in [3.05, 3.63) is 11.6 Å². The Morgan fingerprint density at radius 3 is 2.40 bits per heavy atom. The molecule has 1 rings (SSSR count). The van der Waals surface area contributed by atoms with E-state index in [0.717, 1.165) is 4.90 Å². The van der Waals surface area contributed by atoms with Crippen molar-refractivity contribution in [2.24, 2.45) is 0 Å². The summed E-state index contributed by atoms with van der Waals surface area (Å²) >= 11 is 5.31. The number of hydrogen-bond acceptors (Lipinski definition) is 2. The molecule has 0 fully saturated rings. The third kappa shape index (κ3) is 0.926. The molecule has 54 valence electrons. The van der Waals surface area contributed by atoms with Crippen LogP contribution < -0.4 is 0 Å². The highest BCUT2D eigenvalue weighted by Gasteiger charge is 2.26. The van der Waals surface area contributed by atoms with Crippen molar-refractivity contribution < 1.29 is 9.59 Å². The lowest BCUT2D eigenvalue weighted by molar-refractivity contribution is -0.136. The molecular weight excluding hydrogens is 154 g/mol. The van der Waals surface area contributed by atoms with E-state index in [1.165, 1.54) is 6.08 Å². The lowest BCUT2D eigenvalue weighted by Gasteiger charge is -2.07. The molecule has 0 spiro atoms. The van der Waals surface area contributed by atoms with Crippen molar-refractivity contribution in [1.29, 1.82) is 0 Å². The maximum Gasteiger partial charge on any atom is 0.257 e. The summed E-state index contributed by atoms with van der Waals surface area (Å²) in [6, 6.07) is -0.0640. The number of amides is 2. The van der Waals surface area contributed by atoms with Crippen LogP contribution in [0, 0.1) is 0 Å². The van der Waals surface area contributed by atoms with E-state index in [2.05, 4.69) is 0 Å². The summed E-state index contributed by atoms with van der Waals surface area (Å²) in [4.78, 5) is 22.7. The average molecular weight is 160 g/mol. The van der Waals surface area contributed by atoms with Crippen molar-refractivity contribution in [2.45, 2.75) is 6.92 Å². The second-order valence-electron chi connectivity index (χ2n) is 2.02. The van der Waals surface area contributed by atoms with Crippen LogP contribution >= 0.6 is 11.6 Å². The molecule has 0 aromatic carbocycles. The predicted molar refractivity (Wildman–Crippen MR) is 36.3 cm³/mol. The van der Waals surface area contributed by atoms with Crippen LogP contribution in [0.2, 0.25) is 0 Å². The van der Waals surface area contributed by atoms with Crippen molar-refractivity contribution in [3.63, 3.8) is 0 Å². The van der Waals surface area contributed by atoms with Gasteiger partial charge >= 0.3 is 0 Å². The van der Waals surface area contributed by atoms with Crippen LogP contribution in [0.3, 0.4) is 0 Å². The van der Waals surface area contributed by atoms with Gasteiger partial charge in [-0.1, -0.05) is 0 Å². The Labute approximate surface area is 63.3 Å². The van der Waals surface area contributed by atoms with E-state index < -0.39 is 0 Å². The molecule has 0 bridgehead atoms. The number of carbonyl (C=O) groups excluding carboxylic acids is 2. The van der Waals surface area contributed by atoms with Gasteiger partial charge in [-0.05, 0) is 6.92 Å². The maximum absolute atomic E-state index is 10.9. The summed E-state index contributed by atoms with van der Waals surface area (Å²) in [5.74, 6) is -0.613. The second kappa shape index (κ2) is 2.42. The van der Waals surface area contributed by atoms with Gasteiger partial charge in [-0.3, -0.25) is 14.5 Å². The van der Waals surface area contributed by atoms with Gasteiger partial charge in [-0.15, -0.1) is 11.6 Å². The molecule has 0 N–H and O–H groups in total. The lowest BCUT2D eigenvalue weighted by Crippen LogP contribution is -2.29. The quantitative estimate of drug-likeness (QED) is 0.317. The fraction of sp³-hybridized carbons (Fsp3) is 0.333. The highest BCUT2D eigenvalue weighted by Crippen LogP contribution is 2.11. The Morgan fingerprint density at radius 2 is 2.20 bits per heavy atom. The largest absolute Gasteiger partial charge is 0.269 e. The number of halogens is 1. The minimum Gasteiger partial charge on any atom is -0.269 e. The number of hydrogen-bond donors (Lipinski definition) is 0. The zero-order valence-corrected chi connectivity index (χ0v) is 6.18. The van der Waals surface area contributed by atoms with Crippen LogP contribution in [-0.2, 0) is 9.59 Å². The number of alkyl halides is 1. The first-order valence-corrected chi connectivity index (χ1v) is 3.30. The normalized spacial score (nSPS) is 18.2. The standard InChI is InChI=1S/C6H6ClNO2/c1-4-2-5(9)8(3-7)6(4)10/h2H,3H2,1H3. The Bertz CT molecular complexity index is 222. The van der Waals surface area contributed by atoms with Gasteiger partial charge in [0.25, 0.3) is 11.8 Å². The fourth-order valence-electron chi connectivity index (χ4n) is 0.751. The minimum atomic E-state index is -0.322. The van der Waals surface area contributed by atoms with Crippen LogP contribution in [0.25, 0.3) is 0 Å². The number of nitrogens with zero attached hydrogens (tertiary/aromatic N) is 1. The van der Waals surface area contributed by atoms with E-state index in [1.54, 1.807) is 6.92 Å². The molecule has 0 atom stereocenters. The molecule has 0 radical (unpaired) electrons. The zero-order valence-electron chi connectivity index (χ0n) is 5.43. The van der Waals surface area contributed by atoms with Gasteiger partial charge in [-0.2, -0.15) is 0 Å². The van der Waals surface area contributed by atoms with Gasteiger partial charge in [0, 0.05) is 11.6 Å². The third-order valence-electron chi connectivity index (χ3n) is 1.31. The molecule has 10 heavy (non-hydrogen) atoms. The SMILES string of the molecule is CC1=CC(=O)N(CCl)C1=O. The summed E-state index contributed by atoms with van der Waals surface area (Å²) in [5, 5.41) is 0. The summed E-state index contributed by atoms with van der Waals surface area (Å²) in [6.07, 6.45) is 1.28. The Kier molecular flexibility index (Phi) is 1.76. The van der Waals surface area contributed by atoms with E-state index in [0.29, 0.717) is 5.57 Å². The number of imide groups is 1. The molecule has 0 unspecified atom stereocenters. The van der Waals surface area contributed by atoms with Gasteiger partial charge in [-0.25, -0.2) is 0 Å². The monoisotopic (exact) mass is 159 g/mol. The summed E-state index contributed by atoms with van der Waals surface area (Å²) in [6.45, 7) is 1.59. The van der Waals surface area contributed by atoms with Gasteiger partial charge in [0.1, 0.15) is 6.00 Å². The third-order valence-corrected chi connectivity index (χ3v) is 1.55. The van der Waals surface area contributed by atoms with Crippen molar-refractivity contribution in [2.75, 3.05) is 6.00 Å². The summed E-state index contributed by atoms with van der Waals surface area (Å²) in [5.41, 5.74) is 0.450. The fourth-order valence-corrected chi connectivity index (χ4v) is 0.977. The molecule has 0 saturated carbocycles. The first kappa shape index (κ1) is 7.28. The molecule has 0 aromatic heterocycles. The van der Waals surface area contributed by atoms with Crippen molar-refractivity contribution in [3.8, 4) is 0 Å². The van der Waals surface area contributed by atoms with Crippen molar-refractivity contribution >= 4 is 23.4 Å². The predicted octanol–water partition coefficient (Wildman–Crippen LogP) is 0.498. The molecule has 1 aliphatic rings. The summed E-state index contributed by atoms with van der Waals surface area (Å²) in [7, 11) is 0. The Balaban J connectivity index is 2.87. The first-order chi connectivity index (χ1) is 4.66. The number of carbonyl (C=O) groups is 2. The molecule has 1 heterocycles. The molecule has 0 aromatic rings. The molecule has 0 saturated heterocycles. The van der Waals surface area contributed by atoms with Gasteiger partial charge < -0.3 is 0 Å². The van der Waals surface area contributed by atoms with E-state index >= 15 is 0 Å². The zero-order chi connectivity index (χ0) is 7.72. The van der Waals surface area contributed by atoms with E-state index in [1.807, 2.05) is 0 Å².